The van der Waals surface area contributed by atoms with E-state index in [0.29, 0.717) is 6.42 Å². The third-order valence-corrected chi connectivity index (χ3v) is 5.31. The molecule has 1 saturated carbocycles. The Morgan fingerprint density at radius 3 is 2.53 bits per heavy atom. The second kappa shape index (κ2) is 5.10. The second-order valence-corrected chi connectivity index (χ2v) is 6.84. The van der Waals surface area contributed by atoms with Crippen LogP contribution in [0.25, 0.3) is 0 Å². The Balaban J connectivity index is 2.34. The molecule has 19 heavy (non-hydrogen) atoms. The van der Waals surface area contributed by atoms with Crippen LogP contribution < -0.4 is 0 Å². The van der Waals surface area contributed by atoms with Gasteiger partial charge in [-0.25, -0.2) is 0 Å². The maximum atomic E-state index is 11.1. The minimum Gasteiger partial charge on any atom is -0.389 e. The zero-order valence-electron chi connectivity index (χ0n) is 12.5. The molecular weight excluding hydrogens is 260 g/mol. The highest BCUT2D eigenvalue weighted by Crippen LogP contribution is 2.46. The molecule has 0 amide bonds. The Morgan fingerprint density at radius 1 is 1.32 bits per heavy atom. The molecule has 1 aliphatic carbocycles. The van der Waals surface area contributed by atoms with Crippen LogP contribution >= 0.6 is 11.6 Å². The first-order valence-electron chi connectivity index (χ1n) is 7.25. The van der Waals surface area contributed by atoms with Gasteiger partial charge in [-0.15, -0.1) is 0 Å². The standard InChI is InChI=1S/C15H25ClN2O/c1-5-18-12(13(16)11(2)17-18)10-15(19)9-7-6-8-14(15,3)4/h19H,5-10H2,1-4H3. The van der Waals surface area contributed by atoms with Crippen molar-refractivity contribution in [2.24, 2.45) is 5.41 Å². The lowest BCUT2D eigenvalue weighted by atomic mass is 9.63. The number of aliphatic hydroxyl groups is 1. The number of hydrogen-bond donors (Lipinski definition) is 1. The Morgan fingerprint density at radius 2 is 1.95 bits per heavy atom. The van der Waals surface area contributed by atoms with Gasteiger partial charge in [-0.05, 0) is 32.1 Å². The summed E-state index contributed by atoms with van der Waals surface area (Å²) in [6, 6.07) is 0. The van der Waals surface area contributed by atoms with Crippen molar-refractivity contribution in [3.8, 4) is 0 Å². The number of halogens is 1. The van der Waals surface area contributed by atoms with Crippen LogP contribution in [0.15, 0.2) is 0 Å². The molecule has 3 nitrogen and oxygen atoms in total. The van der Waals surface area contributed by atoms with Crippen LogP contribution in [-0.2, 0) is 13.0 Å². The highest BCUT2D eigenvalue weighted by atomic mass is 35.5. The average molecular weight is 285 g/mol. The van der Waals surface area contributed by atoms with E-state index in [-0.39, 0.29) is 5.41 Å². The number of aromatic nitrogens is 2. The number of rotatable bonds is 3. The van der Waals surface area contributed by atoms with E-state index in [1.54, 1.807) is 0 Å². The predicted octanol–water partition coefficient (Wildman–Crippen LogP) is 3.74. The Hall–Kier alpha value is -0.540. The van der Waals surface area contributed by atoms with Crippen LogP contribution in [0.4, 0.5) is 0 Å². The van der Waals surface area contributed by atoms with Crippen molar-refractivity contribution >= 4 is 11.6 Å². The van der Waals surface area contributed by atoms with Gasteiger partial charge in [-0.2, -0.15) is 5.10 Å². The van der Waals surface area contributed by atoms with Gasteiger partial charge in [0.15, 0.2) is 0 Å². The Labute approximate surface area is 121 Å². The normalized spacial score (nSPS) is 26.6. The van der Waals surface area contributed by atoms with Crippen LogP contribution in [0.3, 0.4) is 0 Å². The Bertz CT molecular complexity index is 467. The molecule has 1 aromatic heterocycles. The largest absolute Gasteiger partial charge is 0.389 e. The highest BCUT2D eigenvalue weighted by molar-refractivity contribution is 6.31. The summed E-state index contributed by atoms with van der Waals surface area (Å²) in [5.41, 5.74) is 1.11. The fourth-order valence-corrected chi connectivity index (χ4v) is 3.40. The summed E-state index contributed by atoms with van der Waals surface area (Å²) in [5, 5.41) is 16.3. The molecule has 0 aliphatic heterocycles. The van der Waals surface area contributed by atoms with Crippen molar-refractivity contribution in [3.05, 3.63) is 16.4 Å². The monoisotopic (exact) mass is 284 g/mol. The van der Waals surface area contributed by atoms with Crippen LogP contribution in [0.2, 0.25) is 5.02 Å². The fourth-order valence-electron chi connectivity index (χ4n) is 3.20. The lowest BCUT2D eigenvalue weighted by molar-refractivity contribution is -0.0969. The maximum absolute atomic E-state index is 11.1. The van der Waals surface area contributed by atoms with Gasteiger partial charge in [0.1, 0.15) is 0 Å². The van der Waals surface area contributed by atoms with E-state index in [0.717, 1.165) is 42.2 Å². The number of hydrogen-bond acceptors (Lipinski definition) is 2. The third kappa shape index (κ3) is 2.55. The highest BCUT2D eigenvalue weighted by Gasteiger charge is 2.46. The molecule has 1 aromatic rings. The van der Waals surface area contributed by atoms with Crippen molar-refractivity contribution in [2.75, 3.05) is 0 Å². The lowest BCUT2D eigenvalue weighted by Gasteiger charge is -2.46. The minimum absolute atomic E-state index is 0.0642. The van der Waals surface area contributed by atoms with Gasteiger partial charge in [-0.3, -0.25) is 4.68 Å². The van der Waals surface area contributed by atoms with Crippen LogP contribution in [-0.4, -0.2) is 20.5 Å². The molecule has 0 aromatic carbocycles. The zero-order valence-corrected chi connectivity index (χ0v) is 13.2. The molecule has 1 atom stereocenters. The number of nitrogens with zero attached hydrogens (tertiary/aromatic N) is 2. The summed E-state index contributed by atoms with van der Waals surface area (Å²) in [6.07, 6.45) is 4.82. The van der Waals surface area contributed by atoms with Crippen molar-refractivity contribution in [1.82, 2.24) is 9.78 Å². The van der Waals surface area contributed by atoms with Crippen molar-refractivity contribution in [2.45, 2.75) is 71.9 Å². The minimum atomic E-state index is -0.672. The van der Waals surface area contributed by atoms with Crippen LogP contribution in [0.1, 0.15) is 57.8 Å². The van der Waals surface area contributed by atoms with E-state index in [2.05, 4.69) is 25.9 Å². The van der Waals surface area contributed by atoms with Gasteiger partial charge in [0, 0.05) is 13.0 Å². The smallest absolute Gasteiger partial charge is 0.0848 e. The molecule has 0 bridgehead atoms. The van der Waals surface area contributed by atoms with Gasteiger partial charge >= 0.3 is 0 Å². The molecule has 0 radical (unpaired) electrons. The molecular formula is C15H25ClN2O. The first kappa shape index (κ1) is 14.9. The molecule has 0 spiro atoms. The van der Waals surface area contributed by atoms with E-state index in [9.17, 15) is 5.11 Å². The average Bonchev–Trinajstić information content (AvgIpc) is 2.61. The summed E-state index contributed by atoms with van der Waals surface area (Å²) < 4.78 is 1.93. The van der Waals surface area contributed by atoms with Gasteiger partial charge in [0.05, 0.1) is 22.0 Å². The first-order valence-corrected chi connectivity index (χ1v) is 7.63. The quantitative estimate of drug-likeness (QED) is 0.918. The predicted molar refractivity (Wildman–Crippen MR) is 78.6 cm³/mol. The van der Waals surface area contributed by atoms with Gasteiger partial charge in [-0.1, -0.05) is 38.3 Å². The van der Waals surface area contributed by atoms with E-state index in [4.69, 9.17) is 11.6 Å². The van der Waals surface area contributed by atoms with Crippen molar-refractivity contribution < 1.29 is 5.11 Å². The SMILES string of the molecule is CCn1nc(C)c(Cl)c1CC1(O)CCCCC1(C)C. The molecule has 1 fully saturated rings. The summed E-state index contributed by atoms with van der Waals surface area (Å²) in [6.45, 7) is 9.11. The molecule has 1 aliphatic rings. The lowest BCUT2D eigenvalue weighted by Crippen LogP contribution is -2.49. The molecule has 0 saturated heterocycles. The summed E-state index contributed by atoms with van der Waals surface area (Å²) in [7, 11) is 0. The van der Waals surface area contributed by atoms with Gasteiger partial charge < -0.3 is 5.11 Å². The van der Waals surface area contributed by atoms with Crippen LogP contribution in [0.5, 0.6) is 0 Å². The van der Waals surface area contributed by atoms with Crippen LogP contribution in [0, 0.1) is 12.3 Å². The molecule has 2 rings (SSSR count). The molecule has 4 heteroatoms. The van der Waals surface area contributed by atoms with Gasteiger partial charge in [0.25, 0.3) is 0 Å². The first-order chi connectivity index (χ1) is 8.81. The second-order valence-electron chi connectivity index (χ2n) is 6.46. The molecule has 1 N–H and O–H groups in total. The summed E-state index contributed by atoms with van der Waals surface area (Å²) in [4.78, 5) is 0. The van der Waals surface area contributed by atoms with Crippen molar-refractivity contribution in [1.29, 1.82) is 0 Å². The Kier molecular flexibility index (Phi) is 3.99. The van der Waals surface area contributed by atoms with E-state index in [1.165, 1.54) is 6.42 Å². The van der Waals surface area contributed by atoms with E-state index in [1.807, 2.05) is 11.6 Å². The summed E-state index contributed by atoms with van der Waals surface area (Å²) >= 11 is 6.37. The fraction of sp³-hybridized carbons (Fsp3) is 0.800. The zero-order chi connectivity index (χ0) is 14.3. The maximum Gasteiger partial charge on any atom is 0.0848 e. The molecule has 1 heterocycles. The van der Waals surface area contributed by atoms with E-state index >= 15 is 0 Å². The van der Waals surface area contributed by atoms with Crippen molar-refractivity contribution in [3.63, 3.8) is 0 Å². The summed E-state index contributed by atoms with van der Waals surface area (Å²) in [5.74, 6) is 0. The molecule has 108 valence electrons. The molecule has 1 unspecified atom stereocenters. The topological polar surface area (TPSA) is 38.0 Å². The third-order valence-electron chi connectivity index (χ3n) is 4.81. The van der Waals surface area contributed by atoms with E-state index < -0.39 is 5.60 Å². The van der Waals surface area contributed by atoms with Gasteiger partial charge in [0.2, 0.25) is 0 Å². The number of aryl methyl sites for hydroxylation is 2.